The number of H-pyrrole nitrogens is 1. The second kappa shape index (κ2) is 10.2. The number of carbonyl (C=O) groups excluding carboxylic acids is 1. The number of halogens is 1. The van der Waals surface area contributed by atoms with Gasteiger partial charge in [0, 0.05) is 49.0 Å². The van der Waals surface area contributed by atoms with Crippen molar-refractivity contribution in [2.45, 2.75) is 32.7 Å². The maximum absolute atomic E-state index is 13.9. The second-order valence-corrected chi connectivity index (χ2v) is 10.4. The van der Waals surface area contributed by atoms with Crippen molar-refractivity contribution in [1.29, 1.82) is 0 Å². The lowest BCUT2D eigenvalue weighted by Gasteiger charge is -2.29. The van der Waals surface area contributed by atoms with Crippen molar-refractivity contribution in [1.82, 2.24) is 24.3 Å². The molecule has 1 fully saturated rings. The Kier molecular flexibility index (Phi) is 6.90. The predicted molar refractivity (Wildman–Crippen MR) is 148 cm³/mol. The average Bonchev–Trinajstić information content (AvgIpc) is 3.34. The molecule has 0 saturated carbocycles. The molecule has 2 N–H and O–H groups in total. The number of likely N-dealkylation sites (tertiary alicyclic amines) is 1. The Morgan fingerprint density at radius 1 is 0.974 bits per heavy atom. The zero-order valence-electron chi connectivity index (χ0n) is 22.7. The zero-order valence-corrected chi connectivity index (χ0v) is 22.7. The number of hydrogen-bond donors (Lipinski definition) is 2. The summed E-state index contributed by atoms with van der Waals surface area (Å²) < 4.78 is 22.9. The van der Waals surface area contributed by atoms with Crippen molar-refractivity contribution in [2.75, 3.05) is 20.1 Å². The van der Waals surface area contributed by atoms with Crippen LogP contribution in [0.15, 0.2) is 46.2 Å². The molecule has 1 saturated heterocycles. The van der Waals surface area contributed by atoms with Crippen LogP contribution in [0.25, 0.3) is 22.0 Å². The van der Waals surface area contributed by atoms with Gasteiger partial charge in [-0.05, 0) is 82.2 Å². The van der Waals surface area contributed by atoms with Crippen molar-refractivity contribution in [3.05, 3.63) is 80.0 Å². The summed E-state index contributed by atoms with van der Waals surface area (Å²) in [4.78, 5) is 44.8. The molecule has 1 aliphatic heterocycles. The third-order valence-electron chi connectivity index (χ3n) is 7.41. The smallest absolute Gasteiger partial charge is 0.293 e. The molecule has 10 heteroatoms. The van der Waals surface area contributed by atoms with Gasteiger partial charge in [-0.15, -0.1) is 0 Å². The number of benzene rings is 1. The Hall–Kier alpha value is -4.18. The molecular formula is C29H32FN5O4. The van der Waals surface area contributed by atoms with E-state index in [1.165, 1.54) is 21.3 Å². The number of nitrogens with zero attached hydrogens (tertiary/aromatic N) is 3. The fourth-order valence-corrected chi connectivity index (χ4v) is 5.16. The van der Waals surface area contributed by atoms with Gasteiger partial charge in [0.05, 0.1) is 0 Å². The number of piperidine rings is 1. The standard InChI is InChI=1S/C29H32FN5O4/c1-16-12-18(30)13-17(2)25(16)39-26-20(8-11-34(4)29(26)38)22-15-35(5)28(37)24-21(22)14-23(32-24)27(36)31-19-6-9-33(3)10-7-19/h8,11-15,19,32H,6-7,9-10H2,1-5H3,(H,31,36). The molecule has 39 heavy (non-hydrogen) atoms. The Labute approximate surface area is 224 Å². The highest BCUT2D eigenvalue weighted by atomic mass is 19.1. The quantitative estimate of drug-likeness (QED) is 0.408. The lowest BCUT2D eigenvalue weighted by molar-refractivity contribution is 0.0912. The highest BCUT2D eigenvalue weighted by Gasteiger charge is 2.24. The first-order valence-corrected chi connectivity index (χ1v) is 12.9. The second-order valence-electron chi connectivity index (χ2n) is 10.4. The van der Waals surface area contributed by atoms with Gasteiger partial charge in [-0.3, -0.25) is 14.4 Å². The largest absolute Gasteiger partial charge is 0.450 e. The number of amides is 1. The first-order valence-electron chi connectivity index (χ1n) is 12.9. The van der Waals surface area contributed by atoms with Crippen LogP contribution in [-0.2, 0) is 14.1 Å². The van der Waals surface area contributed by atoms with Crippen LogP contribution in [0.2, 0.25) is 0 Å². The van der Waals surface area contributed by atoms with Crippen LogP contribution in [0.4, 0.5) is 4.39 Å². The SMILES string of the molecule is Cc1cc(F)cc(C)c1Oc1c(-c2cn(C)c(=O)c3[nH]c(C(=O)NC4CCN(C)CC4)cc23)ccn(C)c1=O. The summed E-state index contributed by atoms with van der Waals surface area (Å²) >= 11 is 0. The summed E-state index contributed by atoms with van der Waals surface area (Å²) in [5, 5.41) is 3.57. The predicted octanol–water partition coefficient (Wildman–Crippen LogP) is 3.60. The summed E-state index contributed by atoms with van der Waals surface area (Å²) in [5.74, 6) is -0.256. The van der Waals surface area contributed by atoms with E-state index >= 15 is 0 Å². The normalized spacial score (nSPS) is 14.6. The van der Waals surface area contributed by atoms with E-state index in [2.05, 4.69) is 22.2 Å². The van der Waals surface area contributed by atoms with E-state index in [4.69, 9.17) is 4.74 Å². The Morgan fingerprint density at radius 2 is 1.64 bits per heavy atom. The Morgan fingerprint density at radius 3 is 2.31 bits per heavy atom. The zero-order chi connectivity index (χ0) is 28.0. The third kappa shape index (κ3) is 4.99. The fraction of sp³-hybridized carbons (Fsp3) is 0.345. The minimum atomic E-state index is -0.395. The van der Waals surface area contributed by atoms with Crippen molar-refractivity contribution >= 4 is 16.8 Å². The summed E-state index contributed by atoms with van der Waals surface area (Å²) in [5.41, 5.74) is 1.91. The van der Waals surface area contributed by atoms with Gasteiger partial charge in [0.25, 0.3) is 17.0 Å². The van der Waals surface area contributed by atoms with Crippen molar-refractivity contribution < 1.29 is 13.9 Å². The lowest BCUT2D eigenvalue weighted by Crippen LogP contribution is -2.43. The van der Waals surface area contributed by atoms with Crippen LogP contribution in [0, 0.1) is 19.7 Å². The van der Waals surface area contributed by atoms with Crippen LogP contribution in [-0.4, -0.2) is 51.1 Å². The van der Waals surface area contributed by atoms with Gasteiger partial charge in [-0.25, -0.2) is 4.39 Å². The van der Waals surface area contributed by atoms with E-state index < -0.39 is 11.4 Å². The van der Waals surface area contributed by atoms with Crippen LogP contribution >= 0.6 is 0 Å². The molecule has 9 nitrogen and oxygen atoms in total. The summed E-state index contributed by atoms with van der Waals surface area (Å²) in [7, 11) is 5.28. The van der Waals surface area contributed by atoms with E-state index in [1.54, 1.807) is 52.5 Å². The van der Waals surface area contributed by atoms with E-state index in [0.717, 1.165) is 25.9 Å². The van der Waals surface area contributed by atoms with E-state index in [1.807, 2.05) is 0 Å². The lowest BCUT2D eigenvalue weighted by atomic mass is 10.0. The molecule has 0 atom stereocenters. The maximum atomic E-state index is 13.9. The molecule has 3 aromatic heterocycles. The van der Waals surface area contributed by atoms with Gasteiger partial charge in [0.1, 0.15) is 22.8 Å². The molecule has 1 aromatic carbocycles. The van der Waals surface area contributed by atoms with E-state index in [-0.39, 0.29) is 34.5 Å². The van der Waals surface area contributed by atoms with Crippen LogP contribution in [0.3, 0.4) is 0 Å². The molecule has 4 heterocycles. The van der Waals surface area contributed by atoms with Crippen LogP contribution in [0.5, 0.6) is 11.5 Å². The Balaban J connectivity index is 1.62. The van der Waals surface area contributed by atoms with Crippen molar-refractivity contribution in [2.24, 2.45) is 14.1 Å². The Bertz CT molecular complexity index is 1690. The van der Waals surface area contributed by atoms with Gasteiger partial charge >= 0.3 is 0 Å². The van der Waals surface area contributed by atoms with Crippen molar-refractivity contribution in [3.63, 3.8) is 0 Å². The van der Waals surface area contributed by atoms with Gasteiger partial charge < -0.3 is 29.1 Å². The number of aromatic amines is 1. The number of fused-ring (bicyclic) bond motifs is 1. The number of hydrogen-bond acceptors (Lipinski definition) is 5. The van der Waals surface area contributed by atoms with E-state index in [0.29, 0.717) is 33.4 Å². The number of rotatable bonds is 5. The van der Waals surface area contributed by atoms with Gasteiger partial charge in [0.15, 0.2) is 5.75 Å². The molecule has 5 rings (SSSR count). The molecule has 0 bridgehead atoms. The topological polar surface area (TPSA) is 101 Å². The number of aromatic nitrogens is 3. The molecule has 1 aliphatic rings. The first-order chi connectivity index (χ1) is 18.5. The molecule has 0 aliphatic carbocycles. The van der Waals surface area contributed by atoms with Gasteiger partial charge in [-0.1, -0.05) is 0 Å². The molecule has 1 amide bonds. The maximum Gasteiger partial charge on any atom is 0.293 e. The number of pyridine rings is 2. The number of aryl methyl sites for hydroxylation is 4. The molecule has 0 radical (unpaired) electrons. The average molecular weight is 534 g/mol. The molecule has 0 spiro atoms. The first kappa shape index (κ1) is 26.4. The number of nitrogens with one attached hydrogen (secondary N) is 2. The monoisotopic (exact) mass is 533 g/mol. The van der Waals surface area contributed by atoms with Crippen molar-refractivity contribution in [3.8, 4) is 22.6 Å². The minimum absolute atomic E-state index is 0.0382. The summed E-state index contributed by atoms with van der Waals surface area (Å²) in [6, 6.07) is 6.13. The molecule has 0 unspecified atom stereocenters. The highest BCUT2D eigenvalue weighted by Crippen LogP contribution is 2.36. The highest BCUT2D eigenvalue weighted by molar-refractivity contribution is 6.03. The molecule has 4 aromatic rings. The van der Waals surface area contributed by atoms with Crippen LogP contribution in [0.1, 0.15) is 34.5 Å². The molecule has 204 valence electrons. The fourth-order valence-electron chi connectivity index (χ4n) is 5.16. The number of ether oxygens (including phenoxy) is 1. The van der Waals surface area contributed by atoms with Crippen LogP contribution < -0.4 is 21.2 Å². The van der Waals surface area contributed by atoms with Gasteiger partial charge in [0.2, 0.25) is 0 Å². The summed E-state index contributed by atoms with van der Waals surface area (Å²) in [6.45, 7) is 5.23. The van der Waals surface area contributed by atoms with E-state index in [9.17, 15) is 18.8 Å². The molecular weight excluding hydrogens is 501 g/mol. The third-order valence-corrected chi connectivity index (χ3v) is 7.41. The van der Waals surface area contributed by atoms with Gasteiger partial charge in [-0.2, -0.15) is 0 Å². The minimum Gasteiger partial charge on any atom is -0.450 e. The summed E-state index contributed by atoms with van der Waals surface area (Å²) in [6.07, 6.45) is 4.95. The number of carbonyl (C=O) groups is 1.